The van der Waals surface area contributed by atoms with Crippen LogP contribution in [-0.2, 0) is 21.4 Å². The molecule has 344 valence electrons. The maximum atomic E-state index is 14.3. The molecule has 1 saturated carbocycles. The Bertz CT molecular complexity index is 2700. The van der Waals surface area contributed by atoms with Gasteiger partial charge in [0.2, 0.25) is 11.8 Å². The summed E-state index contributed by atoms with van der Waals surface area (Å²) in [5.74, 6) is 0.451. The number of halogens is 2. The first-order valence-corrected chi connectivity index (χ1v) is 23.2. The number of nitrogens with one attached hydrogen (secondary N) is 2. The van der Waals surface area contributed by atoms with E-state index in [1.54, 1.807) is 33.3 Å². The number of hydrogen-bond acceptors (Lipinski definition) is 12. The number of imidazole rings is 1. The van der Waals surface area contributed by atoms with Crippen molar-refractivity contribution in [1.82, 2.24) is 48.6 Å². The van der Waals surface area contributed by atoms with E-state index >= 15 is 0 Å². The molecular formula is C45H55F2N13O5. The Labute approximate surface area is 373 Å². The van der Waals surface area contributed by atoms with E-state index in [1.807, 2.05) is 18.2 Å². The molecule has 20 heteroatoms. The van der Waals surface area contributed by atoms with Crippen molar-refractivity contribution in [1.29, 1.82) is 0 Å². The molecule has 5 saturated heterocycles. The fourth-order valence-electron chi connectivity index (χ4n) is 11.5. The number of morpholine rings is 1. The van der Waals surface area contributed by atoms with Crippen molar-refractivity contribution in [3.05, 3.63) is 64.6 Å². The second-order valence-corrected chi connectivity index (χ2v) is 19.0. The molecule has 0 spiro atoms. The molecule has 9 heterocycles. The van der Waals surface area contributed by atoms with Gasteiger partial charge in [0.1, 0.15) is 17.4 Å². The largest absolute Gasteiger partial charge is 0.374 e. The molecule has 1 aliphatic carbocycles. The number of piperazine rings is 1. The molecule has 4 atom stereocenters. The van der Waals surface area contributed by atoms with Crippen LogP contribution in [0.1, 0.15) is 85.9 Å². The van der Waals surface area contributed by atoms with Crippen LogP contribution < -0.4 is 26.1 Å². The minimum absolute atomic E-state index is 0.00542. The van der Waals surface area contributed by atoms with Crippen LogP contribution >= 0.6 is 0 Å². The Balaban J connectivity index is 0.660. The van der Waals surface area contributed by atoms with E-state index in [9.17, 15) is 28.0 Å². The lowest BCUT2D eigenvalue weighted by atomic mass is 9.85. The summed E-state index contributed by atoms with van der Waals surface area (Å²) in [6.07, 6.45) is 8.19. The smallest absolute Gasteiger partial charge is 0.329 e. The Morgan fingerprint density at radius 3 is 2.45 bits per heavy atom. The van der Waals surface area contributed by atoms with Crippen LogP contribution in [0, 0.1) is 11.8 Å². The van der Waals surface area contributed by atoms with E-state index in [0.717, 1.165) is 114 Å². The highest BCUT2D eigenvalue weighted by Crippen LogP contribution is 2.37. The summed E-state index contributed by atoms with van der Waals surface area (Å²) in [6, 6.07) is 7.27. The zero-order valence-electron chi connectivity index (χ0n) is 36.5. The van der Waals surface area contributed by atoms with E-state index in [1.165, 1.54) is 10.7 Å². The van der Waals surface area contributed by atoms with Gasteiger partial charge in [0.05, 0.1) is 53.4 Å². The lowest BCUT2D eigenvalue weighted by Gasteiger charge is -2.39. The summed E-state index contributed by atoms with van der Waals surface area (Å²) in [5.41, 5.74) is 2.40. The van der Waals surface area contributed by atoms with Gasteiger partial charge >= 0.3 is 5.69 Å². The van der Waals surface area contributed by atoms with Crippen molar-refractivity contribution in [2.24, 2.45) is 18.9 Å². The highest BCUT2D eigenvalue weighted by atomic mass is 19.3. The van der Waals surface area contributed by atoms with Crippen molar-refractivity contribution >= 4 is 51.6 Å². The number of carbonyl (C=O) groups is 3. The number of piperidine rings is 1. The molecule has 0 radical (unpaired) electrons. The van der Waals surface area contributed by atoms with Crippen LogP contribution in [0.2, 0.25) is 0 Å². The van der Waals surface area contributed by atoms with Gasteiger partial charge in [0.25, 0.3) is 12.3 Å². The van der Waals surface area contributed by atoms with Crippen LogP contribution in [0.5, 0.6) is 0 Å². The van der Waals surface area contributed by atoms with E-state index in [4.69, 9.17) is 9.72 Å². The first-order chi connectivity index (χ1) is 31.5. The number of amides is 3. The number of aryl methyl sites for hydroxylation is 1. The molecule has 5 aromatic rings. The Morgan fingerprint density at radius 2 is 1.72 bits per heavy atom. The summed E-state index contributed by atoms with van der Waals surface area (Å²) < 4.78 is 40.8. The van der Waals surface area contributed by atoms with Crippen molar-refractivity contribution in [2.75, 3.05) is 80.6 Å². The average molecular weight is 896 g/mol. The summed E-state index contributed by atoms with van der Waals surface area (Å²) in [4.78, 5) is 66.1. The molecule has 2 N–H and O–H groups in total. The van der Waals surface area contributed by atoms with E-state index in [0.29, 0.717) is 36.0 Å². The summed E-state index contributed by atoms with van der Waals surface area (Å²) in [5, 5.41) is 13.7. The fraction of sp³-hybridized carbons (Fsp3) is 0.578. The zero-order chi connectivity index (χ0) is 44.5. The third-order valence-electron chi connectivity index (χ3n) is 14.9. The van der Waals surface area contributed by atoms with Crippen LogP contribution in [0.15, 0.2) is 47.7 Å². The zero-order valence-corrected chi connectivity index (χ0v) is 36.5. The lowest BCUT2D eigenvalue weighted by Crippen LogP contribution is -2.49. The fourth-order valence-corrected chi connectivity index (χ4v) is 11.5. The third-order valence-corrected chi connectivity index (χ3v) is 14.9. The Kier molecular flexibility index (Phi) is 10.9. The van der Waals surface area contributed by atoms with E-state index < -0.39 is 30.0 Å². The first-order valence-electron chi connectivity index (χ1n) is 23.2. The van der Waals surface area contributed by atoms with E-state index in [-0.39, 0.29) is 47.5 Å². The van der Waals surface area contributed by atoms with Crippen molar-refractivity contribution in [2.45, 2.75) is 82.0 Å². The number of carbonyl (C=O) groups excluding carboxylic acids is 3. The van der Waals surface area contributed by atoms with Crippen molar-refractivity contribution < 1.29 is 27.9 Å². The summed E-state index contributed by atoms with van der Waals surface area (Å²) in [6.45, 7) is 9.21. The highest BCUT2D eigenvalue weighted by Gasteiger charge is 2.40. The third kappa shape index (κ3) is 7.85. The number of alkyl halides is 2. The molecule has 3 amide bonds. The summed E-state index contributed by atoms with van der Waals surface area (Å²) >= 11 is 0. The van der Waals surface area contributed by atoms with Crippen LogP contribution in [0.4, 0.5) is 26.0 Å². The van der Waals surface area contributed by atoms with E-state index in [2.05, 4.69) is 46.5 Å². The number of aromatic nitrogens is 7. The SMILES string of the molecule is Cn1c(=O)n(C2CCC(=O)NC2=O)c2cccc(N3CC[C@H](CN4CCN(CC5CCC(n6cc(NC(=O)c7cnn8ccc(N9C[C@H]%10C[C@@H]9CO%10)nc78)c(C(F)F)n6)CC5)CC4)C3)c21. The maximum absolute atomic E-state index is 14.3. The number of fused-ring (bicyclic) bond motifs is 4. The van der Waals surface area contributed by atoms with Gasteiger partial charge in [-0.05, 0) is 75.0 Å². The molecule has 1 aromatic carbocycles. The molecule has 6 fully saturated rings. The van der Waals surface area contributed by atoms with Gasteiger partial charge in [-0.3, -0.25) is 33.5 Å². The number of nitrogens with zero attached hydrogens (tertiary/aromatic N) is 11. The predicted molar refractivity (Wildman–Crippen MR) is 236 cm³/mol. The van der Waals surface area contributed by atoms with Gasteiger partial charge < -0.3 is 29.7 Å². The molecule has 11 rings (SSSR count). The minimum atomic E-state index is -2.85. The average Bonchev–Trinajstić information content (AvgIpc) is 4.18. The second kappa shape index (κ2) is 16.9. The van der Waals surface area contributed by atoms with Crippen LogP contribution in [0.25, 0.3) is 16.7 Å². The molecule has 6 aliphatic rings. The van der Waals surface area contributed by atoms with Gasteiger partial charge in [0.15, 0.2) is 11.3 Å². The number of hydrogen-bond donors (Lipinski definition) is 2. The standard InChI is InChI=1S/C45H55F2N13O5/c1-53-40-34(3-2-4-35(40)60(45(53)64)36-9-10-38(61)51-44(36)63)56-13-11-28(23-56)22-55-17-15-54(16-18-55)21-27-5-7-29(8-6-27)59-25-33(39(52-59)41(46)47)49-43(62)32-20-48-58-14-12-37(50-42(32)58)57-24-31-19-30(57)26-65-31/h2-4,12,14,20,25,27-31,36,41H,5-11,13,15-19,21-24,26H2,1H3,(H,49,62)(H,51,61,63)/t27?,28-,29?,30-,31-,36?/m1/s1. The second-order valence-electron chi connectivity index (χ2n) is 19.0. The molecule has 18 nitrogen and oxygen atoms in total. The summed E-state index contributed by atoms with van der Waals surface area (Å²) in [7, 11) is 1.76. The van der Waals surface area contributed by atoms with Gasteiger partial charge in [-0.15, -0.1) is 0 Å². The number of rotatable bonds is 11. The lowest BCUT2D eigenvalue weighted by molar-refractivity contribution is -0.135. The van der Waals surface area contributed by atoms with Gasteiger partial charge in [-0.2, -0.15) is 10.2 Å². The Hall–Kier alpha value is -5.73. The topological polar surface area (TPSA) is 172 Å². The monoisotopic (exact) mass is 895 g/mol. The molecule has 4 aromatic heterocycles. The number of imide groups is 1. The molecule has 65 heavy (non-hydrogen) atoms. The number of benzene rings is 1. The van der Waals surface area contributed by atoms with Crippen molar-refractivity contribution in [3.63, 3.8) is 0 Å². The van der Waals surface area contributed by atoms with Crippen molar-refractivity contribution in [3.8, 4) is 0 Å². The molecule has 2 bridgehead atoms. The van der Waals surface area contributed by atoms with Gasteiger partial charge in [0, 0.05) is 84.8 Å². The Morgan fingerprint density at radius 1 is 0.938 bits per heavy atom. The quantitative estimate of drug-likeness (QED) is 0.185. The number of para-hydroxylation sites is 1. The number of anilines is 3. The molecule has 5 aliphatic heterocycles. The van der Waals surface area contributed by atoms with Crippen LogP contribution in [0.3, 0.4) is 0 Å². The normalized spacial score (nSPS) is 26.6. The predicted octanol–water partition coefficient (Wildman–Crippen LogP) is 3.60. The highest BCUT2D eigenvalue weighted by molar-refractivity contribution is 6.08. The molecule has 1 unspecified atom stereocenters. The van der Waals surface area contributed by atoms with Crippen LogP contribution in [-0.4, -0.2) is 139 Å². The molecular weight excluding hydrogens is 841 g/mol. The van der Waals surface area contributed by atoms with Gasteiger partial charge in [-0.25, -0.2) is 23.1 Å². The first kappa shape index (κ1) is 41.9. The maximum Gasteiger partial charge on any atom is 0.329 e. The number of ether oxygens (including phenoxy) is 1. The minimum Gasteiger partial charge on any atom is -0.374 e. The van der Waals surface area contributed by atoms with Gasteiger partial charge in [-0.1, -0.05) is 6.07 Å².